The normalized spacial score (nSPS) is 19.6. The lowest BCUT2D eigenvalue weighted by Gasteiger charge is -2.09. The molecule has 1 aliphatic heterocycles. The van der Waals surface area contributed by atoms with Gasteiger partial charge in [0.1, 0.15) is 13.2 Å². The van der Waals surface area contributed by atoms with E-state index in [2.05, 4.69) is 20.4 Å². The van der Waals surface area contributed by atoms with Crippen LogP contribution in [0.5, 0.6) is 0 Å². The molecule has 1 heterocycles. The van der Waals surface area contributed by atoms with Crippen molar-refractivity contribution in [3.05, 3.63) is 12.2 Å². The zero-order valence-corrected chi connectivity index (χ0v) is 10.5. The molecule has 4 nitrogen and oxygen atoms in total. The SMILES string of the molecule is C=C1C(=O)OC[C@H]1COC(=O)CCCC(C)C. The maximum Gasteiger partial charge on any atom is 0.333 e. The van der Waals surface area contributed by atoms with Gasteiger partial charge in [0.25, 0.3) is 0 Å². The summed E-state index contributed by atoms with van der Waals surface area (Å²) in [6.07, 6.45) is 2.30. The Balaban J connectivity index is 2.16. The molecule has 1 aliphatic rings. The molecule has 1 rings (SSSR count). The molecule has 1 atom stereocenters. The van der Waals surface area contributed by atoms with Crippen LogP contribution in [-0.2, 0) is 19.1 Å². The Bertz CT molecular complexity index is 307. The molecule has 0 N–H and O–H groups in total. The van der Waals surface area contributed by atoms with E-state index >= 15 is 0 Å². The van der Waals surface area contributed by atoms with Gasteiger partial charge < -0.3 is 9.47 Å². The maximum absolute atomic E-state index is 11.4. The predicted molar refractivity (Wildman–Crippen MR) is 63.2 cm³/mol. The first kappa shape index (κ1) is 13.7. The Hall–Kier alpha value is -1.32. The first-order valence-corrected chi connectivity index (χ1v) is 6.02. The summed E-state index contributed by atoms with van der Waals surface area (Å²) in [4.78, 5) is 22.4. The van der Waals surface area contributed by atoms with Crippen molar-refractivity contribution in [3.63, 3.8) is 0 Å². The first-order chi connectivity index (χ1) is 8.00. The molecule has 17 heavy (non-hydrogen) atoms. The molecule has 1 fully saturated rings. The molecule has 0 aromatic heterocycles. The number of hydrogen-bond acceptors (Lipinski definition) is 4. The quantitative estimate of drug-likeness (QED) is 0.527. The number of ether oxygens (including phenoxy) is 2. The fourth-order valence-electron chi connectivity index (χ4n) is 1.61. The molecule has 96 valence electrons. The summed E-state index contributed by atoms with van der Waals surface area (Å²) in [6.45, 7) is 8.33. The Morgan fingerprint density at radius 3 is 2.82 bits per heavy atom. The van der Waals surface area contributed by atoms with Crippen LogP contribution in [0, 0.1) is 11.8 Å². The molecular weight excluding hydrogens is 220 g/mol. The second-order valence-corrected chi connectivity index (χ2v) is 4.79. The molecule has 0 aliphatic carbocycles. The van der Waals surface area contributed by atoms with Crippen LogP contribution in [0.3, 0.4) is 0 Å². The van der Waals surface area contributed by atoms with Crippen LogP contribution < -0.4 is 0 Å². The van der Waals surface area contributed by atoms with Gasteiger partial charge in [-0.1, -0.05) is 26.8 Å². The van der Waals surface area contributed by atoms with Crippen molar-refractivity contribution >= 4 is 11.9 Å². The second kappa shape index (κ2) is 6.42. The highest BCUT2D eigenvalue weighted by atomic mass is 16.6. The van der Waals surface area contributed by atoms with Crippen LogP contribution >= 0.6 is 0 Å². The Labute approximate surface area is 102 Å². The molecule has 0 amide bonds. The summed E-state index contributed by atoms with van der Waals surface area (Å²) in [7, 11) is 0. The van der Waals surface area contributed by atoms with E-state index in [4.69, 9.17) is 9.47 Å². The summed E-state index contributed by atoms with van der Waals surface area (Å²) in [5.41, 5.74) is 0.403. The van der Waals surface area contributed by atoms with E-state index in [1.807, 2.05) is 0 Å². The largest absolute Gasteiger partial charge is 0.465 e. The summed E-state index contributed by atoms with van der Waals surface area (Å²) in [5, 5.41) is 0. The number of hydrogen-bond donors (Lipinski definition) is 0. The van der Waals surface area contributed by atoms with E-state index in [0.717, 1.165) is 12.8 Å². The average molecular weight is 240 g/mol. The van der Waals surface area contributed by atoms with E-state index in [9.17, 15) is 9.59 Å². The van der Waals surface area contributed by atoms with Crippen molar-refractivity contribution in [2.45, 2.75) is 33.1 Å². The smallest absolute Gasteiger partial charge is 0.333 e. The van der Waals surface area contributed by atoms with Crippen LogP contribution in [0.15, 0.2) is 12.2 Å². The lowest BCUT2D eigenvalue weighted by molar-refractivity contribution is -0.144. The van der Waals surface area contributed by atoms with Crippen LogP contribution in [-0.4, -0.2) is 25.2 Å². The summed E-state index contributed by atoms with van der Waals surface area (Å²) in [6, 6.07) is 0. The summed E-state index contributed by atoms with van der Waals surface area (Å²) >= 11 is 0. The third kappa shape index (κ3) is 4.59. The van der Waals surface area contributed by atoms with Gasteiger partial charge in [-0.05, 0) is 12.3 Å². The monoisotopic (exact) mass is 240 g/mol. The summed E-state index contributed by atoms with van der Waals surface area (Å²) < 4.78 is 9.89. The van der Waals surface area contributed by atoms with E-state index in [-0.39, 0.29) is 31.1 Å². The lowest BCUT2D eigenvalue weighted by Crippen LogP contribution is -2.15. The van der Waals surface area contributed by atoms with Gasteiger partial charge in [0.15, 0.2) is 0 Å². The van der Waals surface area contributed by atoms with Crippen LogP contribution in [0.1, 0.15) is 33.1 Å². The van der Waals surface area contributed by atoms with E-state index in [1.54, 1.807) is 0 Å². The molecule has 0 unspecified atom stereocenters. The first-order valence-electron chi connectivity index (χ1n) is 6.02. The van der Waals surface area contributed by atoms with Gasteiger partial charge in [-0.2, -0.15) is 0 Å². The molecule has 4 heteroatoms. The fraction of sp³-hybridized carbons (Fsp3) is 0.692. The number of cyclic esters (lactones) is 1. The van der Waals surface area contributed by atoms with Gasteiger partial charge in [-0.3, -0.25) is 4.79 Å². The topological polar surface area (TPSA) is 52.6 Å². The second-order valence-electron chi connectivity index (χ2n) is 4.79. The average Bonchev–Trinajstić information content (AvgIpc) is 2.57. The molecule has 0 bridgehead atoms. The number of carbonyl (C=O) groups is 2. The van der Waals surface area contributed by atoms with Crippen molar-refractivity contribution in [3.8, 4) is 0 Å². The fourth-order valence-corrected chi connectivity index (χ4v) is 1.61. The maximum atomic E-state index is 11.4. The predicted octanol–water partition coefficient (Wildman–Crippen LogP) is 2.09. The van der Waals surface area contributed by atoms with Gasteiger partial charge in [0.05, 0.1) is 5.92 Å². The van der Waals surface area contributed by atoms with Crippen LogP contribution in [0.4, 0.5) is 0 Å². The van der Waals surface area contributed by atoms with Crippen molar-refractivity contribution in [1.29, 1.82) is 0 Å². The number of esters is 2. The zero-order chi connectivity index (χ0) is 12.8. The van der Waals surface area contributed by atoms with E-state index in [0.29, 0.717) is 17.9 Å². The number of rotatable bonds is 6. The van der Waals surface area contributed by atoms with Gasteiger partial charge in [0, 0.05) is 12.0 Å². The van der Waals surface area contributed by atoms with Crippen molar-refractivity contribution in [1.82, 2.24) is 0 Å². The lowest BCUT2D eigenvalue weighted by atomic mass is 10.1. The minimum Gasteiger partial charge on any atom is -0.465 e. The minimum atomic E-state index is -0.383. The van der Waals surface area contributed by atoms with Gasteiger partial charge in [-0.15, -0.1) is 0 Å². The van der Waals surface area contributed by atoms with Gasteiger partial charge >= 0.3 is 11.9 Å². The molecule has 0 aromatic carbocycles. The van der Waals surface area contributed by atoms with Crippen molar-refractivity contribution < 1.29 is 19.1 Å². The van der Waals surface area contributed by atoms with Crippen LogP contribution in [0.25, 0.3) is 0 Å². The molecule has 1 saturated heterocycles. The van der Waals surface area contributed by atoms with E-state index < -0.39 is 0 Å². The Morgan fingerprint density at radius 2 is 2.29 bits per heavy atom. The highest BCUT2D eigenvalue weighted by Crippen LogP contribution is 2.19. The highest BCUT2D eigenvalue weighted by Gasteiger charge is 2.29. The Kier molecular flexibility index (Phi) is 5.19. The minimum absolute atomic E-state index is 0.170. The molecular formula is C13H20O4. The molecule has 0 saturated carbocycles. The molecule has 0 aromatic rings. The van der Waals surface area contributed by atoms with E-state index in [1.165, 1.54) is 0 Å². The van der Waals surface area contributed by atoms with Gasteiger partial charge in [-0.25, -0.2) is 4.79 Å². The highest BCUT2D eigenvalue weighted by molar-refractivity contribution is 5.90. The molecule has 0 radical (unpaired) electrons. The zero-order valence-electron chi connectivity index (χ0n) is 10.5. The van der Waals surface area contributed by atoms with Crippen molar-refractivity contribution in [2.24, 2.45) is 11.8 Å². The van der Waals surface area contributed by atoms with Gasteiger partial charge in [0.2, 0.25) is 0 Å². The number of carbonyl (C=O) groups excluding carboxylic acids is 2. The van der Waals surface area contributed by atoms with Crippen molar-refractivity contribution in [2.75, 3.05) is 13.2 Å². The summed E-state index contributed by atoms with van der Waals surface area (Å²) in [5.74, 6) is -0.163. The van der Waals surface area contributed by atoms with Crippen LogP contribution in [0.2, 0.25) is 0 Å². The Morgan fingerprint density at radius 1 is 1.59 bits per heavy atom. The molecule has 0 spiro atoms. The third-order valence-corrected chi connectivity index (χ3v) is 2.78. The third-order valence-electron chi connectivity index (χ3n) is 2.78. The standard InChI is InChI=1S/C13H20O4/c1-9(2)5-4-6-12(14)16-7-11-8-17-13(15)10(11)3/h9,11H,3-8H2,1-2H3/t11-/m1/s1.